The Balaban J connectivity index is 1.67. The first kappa shape index (κ1) is 18.1. The molecule has 2 aromatic carbocycles. The number of aromatic nitrogens is 2. The van der Waals surface area contributed by atoms with Crippen LogP contribution in [0.4, 0.5) is 0 Å². The molecule has 0 saturated carbocycles. The minimum absolute atomic E-state index is 0.256. The minimum Gasteiger partial charge on any atom is -0.491 e. The van der Waals surface area contributed by atoms with Crippen LogP contribution >= 0.6 is 0 Å². The number of rotatable bonds is 3. The van der Waals surface area contributed by atoms with Gasteiger partial charge in [0.2, 0.25) is 5.56 Å². The maximum absolute atomic E-state index is 13.2. The molecule has 0 bridgehead atoms. The summed E-state index contributed by atoms with van der Waals surface area (Å²) in [5.41, 5.74) is 0.866. The molecule has 1 aliphatic heterocycles. The molecule has 0 unspecified atom stereocenters. The topological polar surface area (TPSA) is 84.1 Å². The Morgan fingerprint density at radius 2 is 1.90 bits per heavy atom. The first-order chi connectivity index (χ1) is 14.7. The van der Waals surface area contributed by atoms with Crippen LogP contribution < -0.4 is 15.6 Å². The van der Waals surface area contributed by atoms with Gasteiger partial charge in [-0.15, -0.1) is 0 Å². The third kappa shape index (κ3) is 3.03. The van der Waals surface area contributed by atoms with Crippen molar-refractivity contribution >= 4 is 16.7 Å². The number of hydrogen-bond acceptors (Lipinski definition) is 4. The second-order valence-electron chi connectivity index (χ2n) is 7.31. The summed E-state index contributed by atoms with van der Waals surface area (Å²) >= 11 is 0. The van der Waals surface area contributed by atoms with Gasteiger partial charge in [0.25, 0.3) is 5.91 Å². The molecule has 30 heavy (non-hydrogen) atoms. The summed E-state index contributed by atoms with van der Waals surface area (Å²) in [6, 6.07) is 20.8. The van der Waals surface area contributed by atoms with E-state index in [0.717, 1.165) is 16.3 Å². The summed E-state index contributed by atoms with van der Waals surface area (Å²) in [5.74, 6) is 0.358. The van der Waals surface area contributed by atoms with Crippen LogP contribution in [-0.4, -0.2) is 22.5 Å². The van der Waals surface area contributed by atoms with Crippen molar-refractivity contribution in [3.05, 3.63) is 106 Å². The number of benzene rings is 2. The van der Waals surface area contributed by atoms with Crippen molar-refractivity contribution in [1.82, 2.24) is 15.3 Å². The highest BCUT2D eigenvalue weighted by atomic mass is 16.5. The fraction of sp³-hybridized carbons (Fsp3) is 0.125. The molecule has 0 radical (unpaired) electrons. The average Bonchev–Trinajstić information content (AvgIpc) is 2.79. The lowest BCUT2D eigenvalue weighted by Gasteiger charge is -2.39. The molecular formula is C24H19N3O3. The molecule has 1 aliphatic rings. The van der Waals surface area contributed by atoms with Crippen molar-refractivity contribution in [1.29, 1.82) is 0 Å². The molecule has 0 aliphatic carbocycles. The number of H-pyrrole nitrogens is 1. The zero-order valence-corrected chi connectivity index (χ0v) is 16.1. The number of ether oxygens (including phenoxy) is 1. The van der Waals surface area contributed by atoms with Crippen LogP contribution in [0.5, 0.6) is 5.75 Å². The second-order valence-corrected chi connectivity index (χ2v) is 7.31. The standard InChI is InChI=1S/C24H19N3O3/c28-21-10-8-18(15-26-21)23(29)27-24(11-13-30-20-6-3-12-25-22(20)24)19-9-7-16-4-1-2-5-17(16)14-19/h1-10,12,14-15H,11,13H2,(H,26,28)(H,27,29)/t24-/m0/s1. The van der Waals surface area contributed by atoms with E-state index in [-0.39, 0.29) is 11.5 Å². The van der Waals surface area contributed by atoms with Gasteiger partial charge in [-0.05, 0) is 40.6 Å². The van der Waals surface area contributed by atoms with Gasteiger partial charge < -0.3 is 15.0 Å². The van der Waals surface area contributed by atoms with Crippen LogP contribution in [0, 0.1) is 0 Å². The third-order valence-corrected chi connectivity index (χ3v) is 5.53. The Bertz CT molecular complexity index is 1290. The summed E-state index contributed by atoms with van der Waals surface area (Å²) in [7, 11) is 0. The summed E-state index contributed by atoms with van der Waals surface area (Å²) in [6.45, 7) is 0.442. The quantitative estimate of drug-likeness (QED) is 0.555. The highest BCUT2D eigenvalue weighted by molar-refractivity contribution is 5.95. The molecule has 3 heterocycles. The molecule has 148 valence electrons. The number of fused-ring (bicyclic) bond motifs is 2. The first-order valence-electron chi connectivity index (χ1n) is 9.75. The van der Waals surface area contributed by atoms with Gasteiger partial charge in [0, 0.05) is 24.9 Å². The third-order valence-electron chi connectivity index (χ3n) is 5.53. The van der Waals surface area contributed by atoms with E-state index >= 15 is 0 Å². The van der Waals surface area contributed by atoms with E-state index in [0.29, 0.717) is 30.0 Å². The molecule has 6 heteroatoms. The van der Waals surface area contributed by atoms with E-state index in [1.807, 2.05) is 30.3 Å². The van der Waals surface area contributed by atoms with Crippen LogP contribution in [0.15, 0.2) is 83.9 Å². The number of pyridine rings is 2. The molecule has 5 rings (SSSR count). The Morgan fingerprint density at radius 1 is 1.03 bits per heavy atom. The number of nitrogens with one attached hydrogen (secondary N) is 2. The maximum Gasteiger partial charge on any atom is 0.253 e. The lowest BCUT2D eigenvalue weighted by molar-refractivity contribution is 0.0883. The number of carbonyl (C=O) groups excluding carboxylic acids is 1. The molecule has 0 fully saturated rings. The van der Waals surface area contributed by atoms with Gasteiger partial charge in [0.1, 0.15) is 17.0 Å². The molecular weight excluding hydrogens is 378 g/mol. The van der Waals surface area contributed by atoms with Gasteiger partial charge in [0.15, 0.2) is 0 Å². The van der Waals surface area contributed by atoms with Crippen molar-refractivity contribution in [2.75, 3.05) is 6.61 Å². The number of aromatic amines is 1. The van der Waals surface area contributed by atoms with E-state index in [4.69, 9.17) is 4.74 Å². The highest BCUT2D eigenvalue weighted by Crippen LogP contribution is 2.41. The van der Waals surface area contributed by atoms with E-state index in [2.05, 4.69) is 39.6 Å². The van der Waals surface area contributed by atoms with Crippen molar-refractivity contribution in [3.8, 4) is 5.75 Å². The first-order valence-corrected chi connectivity index (χ1v) is 9.75. The van der Waals surface area contributed by atoms with Gasteiger partial charge in [0.05, 0.1) is 12.2 Å². The predicted octanol–water partition coefficient (Wildman–Crippen LogP) is 3.38. The molecule has 1 amide bonds. The SMILES string of the molecule is O=C(N[C@]1(c2ccc3ccccc3c2)CCOc2cccnc21)c1ccc(=O)[nH]c1. The summed E-state index contributed by atoms with van der Waals surface area (Å²) < 4.78 is 5.83. The lowest BCUT2D eigenvalue weighted by atomic mass is 9.80. The average molecular weight is 397 g/mol. The number of amides is 1. The monoisotopic (exact) mass is 397 g/mol. The van der Waals surface area contributed by atoms with Crippen molar-refractivity contribution in [3.63, 3.8) is 0 Å². The largest absolute Gasteiger partial charge is 0.491 e. The van der Waals surface area contributed by atoms with Crippen LogP contribution in [0.25, 0.3) is 10.8 Å². The van der Waals surface area contributed by atoms with Gasteiger partial charge in [-0.25, -0.2) is 0 Å². The number of hydrogen-bond donors (Lipinski definition) is 2. The van der Waals surface area contributed by atoms with Gasteiger partial charge >= 0.3 is 0 Å². The molecule has 2 N–H and O–H groups in total. The molecule has 6 nitrogen and oxygen atoms in total. The van der Waals surface area contributed by atoms with E-state index in [1.165, 1.54) is 18.3 Å². The van der Waals surface area contributed by atoms with Crippen LogP contribution in [-0.2, 0) is 5.54 Å². The minimum atomic E-state index is -0.855. The number of nitrogens with zero attached hydrogens (tertiary/aromatic N) is 1. The summed E-state index contributed by atoms with van der Waals surface area (Å²) in [4.78, 5) is 31.7. The molecule has 2 aromatic heterocycles. The lowest BCUT2D eigenvalue weighted by Crippen LogP contribution is -2.50. The Labute approximate surface area is 172 Å². The molecule has 4 aromatic rings. The van der Waals surface area contributed by atoms with Gasteiger partial charge in [-0.2, -0.15) is 0 Å². The van der Waals surface area contributed by atoms with E-state index in [1.54, 1.807) is 6.20 Å². The summed E-state index contributed by atoms with van der Waals surface area (Å²) in [5, 5.41) is 5.40. The zero-order valence-electron chi connectivity index (χ0n) is 16.1. The molecule has 0 saturated heterocycles. The van der Waals surface area contributed by atoms with Crippen LogP contribution in [0.2, 0.25) is 0 Å². The van der Waals surface area contributed by atoms with Crippen molar-refractivity contribution in [2.24, 2.45) is 0 Å². The van der Waals surface area contributed by atoms with Crippen molar-refractivity contribution in [2.45, 2.75) is 12.0 Å². The van der Waals surface area contributed by atoms with Gasteiger partial charge in [-0.3, -0.25) is 14.6 Å². The smallest absolute Gasteiger partial charge is 0.253 e. The molecule has 1 atom stereocenters. The fourth-order valence-corrected chi connectivity index (χ4v) is 4.01. The maximum atomic E-state index is 13.2. The molecule has 0 spiro atoms. The normalized spacial score (nSPS) is 17.7. The Morgan fingerprint density at radius 3 is 2.73 bits per heavy atom. The fourth-order valence-electron chi connectivity index (χ4n) is 4.01. The van der Waals surface area contributed by atoms with Crippen molar-refractivity contribution < 1.29 is 9.53 Å². The van der Waals surface area contributed by atoms with Gasteiger partial charge in [-0.1, -0.05) is 36.4 Å². The van der Waals surface area contributed by atoms with E-state index in [9.17, 15) is 9.59 Å². The summed E-state index contributed by atoms with van der Waals surface area (Å²) in [6.07, 6.45) is 3.66. The number of carbonyl (C=O) groups is 1. The second kappa shape index (κ2) is 7.15. The van der Waals surface area contributed by atoms with Crippen LogP contribution in [0.1, 0.15) is 28.0 Å². The highest BCUT2D eigenvalue weighted by Gasteiger charge is 2.42. The predicted molar refractivity (Wildman–Crippen MR) is 114 cm³/mol. The van der Waals surface area contributed by atoms with Crippen LogP contribution in [0.3, 0.4) is 0 Å². The van der Waals surface area contributed by atoms with E-state index < -0.39 is 5.54 Å². The Hall–Kier alpha value is -3.93. The zero-order chi connectivity index (χ0) is 20.6. The Kier molecular flexibility index (Phi) is 4.32.